The Balaban J connectivity index is 1.74. The molecule has 0 fully saturated rings. The normalized spacial score (nSPS) is 10.3. The van der Waals surface area contributed by atoms with Gasteiger partial charge in [0.25, 0.3) is 0 Å². The van der Waals surface area contributed by atoms with E-state index in [-0.39, 0.29) is 11.7 Å². The molecule has 2 amide bonds. The smallest absolute Gasteiger partial charge is 0.355 e. The maximum absolute atomic E-state index is 11.9. The Morgan fingerprint density at radius 3 is 2.86 bits per heavy atom. The third-order valence-electron chi connectivity index (χ3n) is 2.73. The summed E-state index contributed by atoms with van der Waals surface area (Å²) >= 11 is 2.89. The van der Waals surface area contributed by atoms with Crippen LogP contribution in [0.5, 0.6) is 0 Å². The molecule has 6 nitrogen and oxygen atoms in total. The first-order valence-corrected chi connectivity index (χ1v) is 8.06. The summed E-state index contributed by atoms with van der Waals surface area (Å²) in [5.41, 5.74) is 1.15. The minimum atomic E-state index is -1.03. The molecule has 0 aliphatic rings. The van der Waals surface area contributed by atoms with Crippen molar-refractivity contribution in [2.45, 2.75) is 13.0 Å². The van der Waals surface area contributed by atoms with Gasteiger partial charge in [-0.1, -0.05) is 0 Å². The number of carbonyl (C=O) groups is 2. The molecule has 0 aromatic carbocycles. The maximum atomic E-state index is 11.9. The number of thiazole rings is 1. The van der Waals surface area contributed by atoms with Crippen LogP contribution in [0.1, 0.15) is 21.1 Å². The Morgan fingerprint density at radius 1 is 1.43 bits per heavy atom. The number of carboxylic acid groups (broad SMARTS) is 1. The van der Waals surface area contributed by atoms with Gasteiger partial charge in [0.2, 0.25) is 0 Å². The zero-order valence-electron chi connectivity index (χ0n) is 11.4. The number of aromatic carboxylic acids is 1. The summed E-state index contributed by atoms with van der Waals surface area (Å²) in [4.78, 5) is 28.2. The number of carboxylic acids is 1. The van der Waals surface area contributed by atoms with Gasteiger partial charge in [-0.25, -0.2) is 14.6 Å². The molecule has 2 aromatic heterocycles. The van der Waals surface area contributed by atoms with Crippen molar-refractivity contribution >= 4 is 34.7 Å². The van der Waals surface area contributed by atoms with Crippen molar-refractivity contribution in [1.82, 2.24) is 15.2 Å². The third kappa shape index (κ3) is 4.54. The number of thiophene rings is 1. The molecular formula is C13H15N3O3S2. The maximum Gasteiger partial charge on any atom is 0.355 e. The highest BCUT2D eigenvalue weighted by Gasteiger charge is 2.11. The molecule has 8 heteroatoms. The van der Waals surface area contributed by atoms with Gasteiger partial charge in [-0.15, -0.1) is 11.3 Å². The van der Waals surface area contributed by atoms with Gasteiger partial charge >= 0.3 is 12.0 Å². The fraction of sp³-hybridized carbons (Fsp3) is 0.308. The first-order chi connectivity index (χ1) is 10.1. The minimum absolute atomic E-state index is 0.0518. The van der Waals surface area contributed by atoms with E-state index in [4.69, 9.17) is 5.11 Å². The lowest BCUT2D eigenvalue weighted by atomic mass is 10.3. The molecule has 2 rings (SSSR count). The van der Waals surface area contributed by atoms with Crippen molar-refractivity contribution in [3.8, 4) is 0 Å². The molecule has 2 N–H and O–H groups in total. The fourth-order valence-electron chi connectivity index (χ4n) is 1.66. The summed E-state index contributed by atoms with van der Waals surface area (Å²) in [6.45, 7) is 0.995. The Morgan fingerprint density at radius 2 is 2.24 bits per heavy atom. The van der Waals surface area contributed by atoms with E-state index >= 15 is 0 Å². The molecule has 112 valence electrons. The molecule has 2 heterocycles. The van der Waals surface area contributed by atoms with Crippen LogP contribution in [0.4, 0.5) is 4.79 Å². The molecule has 0 bridgehead atoms. The van der Waals surface area contributed by atoms with E-state index in [9.17, 15) is 9.59 Å². The number of urea groups is 1. The van der Waals surface area contributed by atoms with Gasteiger partial charge in [0.15, 0.2) is 5.69 Å². The number of aromatic nitrogens is 1. The van der Waals surface area contributed by atoms with Crippen LogP contribution in [0, 0.1) is 0 Å². The van der Waals surface area contributed by atoms with Gasteiger partial charge in [0.05, 0.1) is 5.01 Å². The van der Waals surface area contributed by atoms with Crippen molar-refractivity contribution in [2.24, 2.45) is 0 Å². The Hall–Kier alpha value is -1.93. The molecule has 0 aliphatic carbocycles. The molecular weight excluding hydrogens is 310 g/mol. The van der Waals surface area contributed by atoms with Gasteiger partial charge < -0.3 is 15.3 Å². The van der Waals surface area contributed by atoms with Crippen LogP contribution >= 0.6 is 22.7 Å². The van der Waals surface area contributed by atoms with Crippen LogP contribution in [-0.4, -0.2) is 40.6 Å². The topological polar surface area (TPSA) is 82.5 Å². The number of carbonyl (C=O) groups excluding carboxylic acids is 1. The predicted molar refractivity (Wildman–Crippen MR) is 82.0 cm³/mol. The van der Waals surface area contributed by atoms with E-state index in [0.29, 0.717) is 24.5 Å². The van der Waals surface area contributed by atoms with Crippen LogP contribution in [0.2, 0.25) is 0 Å². The summed E-state index contributed by atoms with van der Waals surface area (Å²) in [7, 11) is 1.74. The molecule has 0 saturated heterocycles. The molecule has 0 unspecified atom stereocenters. The molecule has 2 aromatic rings. The average Bonchev–Trinajstić information content (AvgIpc) is 3.09. The van der Waals surface area contributed by atoms with Gasteiger partial charge in [-0.3, -0.25) is 0 Å². The number of amides is 2. The SMILES string of the molecule is CN(Cc1ccsc1)C(=O)NCCc1nc(C(=O)O)cs1. The second kappa shape index (κ2) is 7.19. The number of nitrogens with one attached hydrogen (secondary N) is 1. The van der Waals surface area contributed by atoms with E-state index in [1.165, 1.54) is 16.7 Å². The van der Waals surface area contributed by atoms with Crippen LogP contribution in [-0.2, 0) is 13.0 Å². The van der Waals surface area contributed by atoms with Crippen LogP contribution in [0.15, 0.2) is 22.2 Å². The van der Waals surface area contributed by atoms with Crippen molar-refractivity contribution in [3.63, 3.8) is 0 Å². The number of hydrogen-bond acceptors (Lipinski definition) is 5. The Bertz CT molecular complexity index is 610. The molecule has 0 spiro atoms. The number of hydrogen-bond donors (Lipinski definition) is 2. The molecule has 0 saturated carbocycles. The largest absolute Gasteiger partial charge is 0.476 e. The van der Waals surface area contributed by atoms with Gasteiger partial charge in [-0.05, 0) is 22.4 Å². The predicted octanol–water partition coefficient (Wildman–Crippen LogP) is 2.29. The van der Waals surface area contributed by atoms with Crippen LogP contribution < -0.4 is 5.32 Å². The summed E-state index contributed by atoms with van der Waals surface area (Å²) in [6.07, 6.45) is 0.524. The second-order valence-electron chi connectivity index (χ2n) is 4.40. The van der Waals surface area contributed by atoms with E-state index in [1.807, 2.05) is 16.8 Å². The first kappa shape index (κ1) is 15.5. The van der Waals surface area contributed by atoms with Crippen molar-refractivity contribution < 1.29 is 14.7 Å². The lowest BCUT2D eigenvalue weighted by Gasteiger charge is -2.17. The van der Waals surface area contributed by atoms with Gasteiger partial charge in [0, 0.05) is 31.9 Å². The fourth-order valence-corrected chi connectivity index (χ4v) is 3.10. The highest BCUT2D eigenvalue weighted by atomic mass is 32.1. The summed E-state index contributed by atoms with van der Waals surface area (Å²) in [5.74, 6) is -1.03. The monoisotopic (exact) mass is 325 g/mol. The van der Waals surface area contributed by atoms with Crippen molar-refractivity contribution in [2.75, 3.05) is 13.6 Å². The van der Waals surface area contributed by atoms with Crippen LogP contribution in [0.25, 0.3) is 0 Å². The average molecular weight is 325 g/mol. The lowest BCUT2D eigenvalue weighted by molar-refractivity contribution is 0.0691. The molecule has 0 atom stereocenters. The zero-order chi connectivity index (χ0) is 15.2. The lowest BCUT2D eigenvalue weighted by Crippen LogP contribution is -2.37. The molecule has 21 heavy (non-hydrogen) atoms. The third-order valence-corrected chi connectivity index (χ3v) is 4.37. The van der Waals surface area contributed by atoms with E-state index in [0.717, 1.165) is 5.56 Å². The summed E-state index contributed by atoms with van der Waals surface area (Å²) in [6, 6.07) is 1.83. The van der Waals surface area contributed by atoms with Crippen molar-refractivity contribution in [1.29, 1.82) is 0 Å². The van der Waals surface area contributed by atoms with Gasteiger partial charge in [0.1, 0.15) is 0 Å². The number of nitrogens with zero attached hydrogens (tertiary/aromatic N) is 2. The second-order valence-corrected chi connectivity index (χ2v) is 6.12. The molecule has 0 radical (unpaired) electrons. The number of rotatable bonds is 6. The first-order valence-electron chi connectivity index (χ1n) is 6.24. The zero-order valence-corrected chi connectivity index (χ0v) is 13.0. The van der Waals surface area contributed by atoms with Crippen molar-refractivity contribution in [3.05, 3.63) is 38.5 Å². The van der Waals surface area contributed by atoms with E-state index in [1.54, 1.807) is 23.3 Å². The van der Waals surface area contributed by atoms with E-state index < -0.39 is 5.97 Å². The minimum Gasteiger partial charge on any atom is -0.476 e. The standard InChI is InChI=1S/C13H15N3O3S2/c1-16(6-9-3-5-20-7-9)13(19)14-4-2-11-15-10(8-21-11)12(17)18/h3,5,7-8H,2,4,6H2,1H3,(H,14,19)(H,17,18). The molecule has 0 aliphatic heterocycles. The van der Waals surface area contributed by atoms with E-state index in [2.05, 4.69) is 10.3 Å². The van der Waals surface area contributed by atoms with Gasteiger partial charge in [-0.2, -0.15) is 11.3 Å². The summed E-state index contributed by atoms with van der Waals surface area (Å²) in [5, 5.41) is 17.8. The summed E-state index contributed by atoms with van der Waals surface area (Å²) < 4.78 is 0. The Kier molecular flexibility index (Phi) is 5.29. The Labute approximate surface area is 130 Å². The highest BCUT2D eigenvalue weighted by Crippen LogP contribution is 2.10. The highest BCUT2D eigenvalue weighted by molar-refractivity contribution is 7.09. The van der Waals surface area contributed by atoms with Crippen LogP contribution in [0.3, 0.4) is 0 Å². The quantitative estimate of drug-likeness (QED) is 0.853.